The summed E-state index contributed by atoms with van der Waals surface area (Å²) in [4.78, 5) is 12.3. The standard InChI is InChI=1S/C14H3Cl10NO/c15-4-2(5(16)9(20)12(23)8(4)19)1(14(25)26)3-6(17)10(21)13(24)11(22)7(3)18/h1H,(H2,25,26). The Bertz CT molecular complexity index is 815. The number of hydrogen-bond donors (Lipinski definition) is 1. The number of benzene rings is 2. The van der Waals surface area contributed by atoms with Crippen LogP contribution in [0.1, 0.15) is 17.0 Å². The van der Waals surface area contributed by atoms with E-state index in [1.54, 1.807) is 0 Å². The normalized spacial score (nSPS) is 11.3. The minimum absolute atomic E-state index is 0.0570. The highest BCUT2D eigenvalue weighted by molar-refractivity contribution is 6.57. The van der Waals surface area contributed by atoms with E-state index in [2.05, 4.69) is 0 Å². The van der Waals surface area contributed by atoms with E-state index in [1.807, 2.05) is 0 Å². The first-order valence-corrected chi connectivity index (χ1v) is 10.0. The van der Waals surface area contributed by atoms with Gasteiger partial charge in [-0.05, 0) is 0 Å². The average molecular weight is 556 g/mol. The first-order chi connectivity index (χ1) is 11.9. The Morgan fingerprint density at radius 2 is 0.692 bits per heavy atom. The SMILES string of the molecule is NC(=O)C(c1c(Cl)c(Cl)c(Cl)c(Cl)c1Cl)c1c(Cl)c(Cl)c(Cl)c(Cl)c1Cl. The third-order valence-electron chi connectivity index (χ3n) is 3.35. The van der Waals surface area contributed by atoms with Crippen LogP contribution in [0.15, 0.2) is 0 Å². The minimum atomic E-state index is -1.39. The van der Waals surface area contributed by atoms with Crippen molar-refractivity contribution in [1.29, 1.82) is 0 Å². The average Bonchev–Trinajstić information content (AvgIpc) is 2.60. The fourth-order valence-electron chi connectivity index (χ4n) is 2.18. The van der Waals surface area contributed by atoms with Crippen molar-refractivity contribution in [2.75, 3.05) is 0 Å². The number of amides is 1. The molecule has 26 heavy (non-hydrogen) atoms. The zero-order valence-electron chi connectivity index (χ0n) is 11.8. The van der Waals surface area contributed by atoms with E-state index in [9.17, 15) is 4.79 Å². The number of primary amides is 1. The smallest absolute Gasteiger partial charge is 0.229 e. The third kappa shape index (κ3) is 3.80. The van der Waals surface area contributed by atoms with Gasteiger partial charge < -0.3 is 5.73 Å². The van der Waals surface area contributed by atoms with Gasteiger partial charge in [0.15, 0.2) is 0 Å². The van der Waals surface area contributed by atoms with Gasteiger partial charge in [-0.25, -0.2) is 0 Å². The van der Waals surface area contributed by atoms with Crippen molar-refractivity contribution in [3.05, 3.63) is 61.4 Å². The Hall–Kier alpha value is 0.810. The lowest BCUT2D eigenvalue weighted by molar-refractivity contribution is -0.118. The van der Waals surface area contributed by atoms with Crippen molar-refractivity contribution in [1.82, 2.24) is 0 Å². The number of rotatable bonds is 3. The van der Waals surface area contributed by atoms with Gasteiger partial charge in [0.25, 0.3) is 0 Å². The van der Waals surface area contributed by atoms with E-state index in [1.165, 1.54) is 0 Å². The summed E-state index contributed by atoms with van der Waals surface area (Å²) in [6.45, 7) is 0. The molecular weight excluding hydrogens is 553 g/mol. The van der Waals surface area contributed by atoms with Crippen molar-refractivity contribution in [2.45, 2.75) is 5.92 Å². The second-order valence-electron chi connectivity index (χ2n) is 4.80. The summed E-state index contributed by atoms with van der Waals surface area (Å²) in [6, 6.07) is 0. The molecule has 0 atom stereocenters. The van der Waals surface area contributed by atoms with Crippen molar-refractivity contribution in [3.8, 4) is 0 Å². The molecule has 0 aliphatic rings. The topological polar surface area (TPSA) is 43.1 Å². The van der Waals surface area contributed by atoms with E-state index in [-0.39, 0.29) is 61.4 Å². The number of hydrogen-bond acceptors (Lipinski definition) is 1. The van der Waals surface area contributed by atoms with Crippen LogP contribution in [0.3, 0.4) is 0 Å². The lowest BCUT2D eigenvalue weighted by Gasteiger charge is -2.23. The van der Waals surface area contributed by atoms with Crippen LogP contribution in [0.5, 0.6) is 0 Å². The Morgan fingerprint density at radius 1 is 0.500 bits per heavy atom. The molecular formula is C14H3Cl10NO. The second kappa shape index (κ2) is 8.67. The van der Waals surface area contributed by atoms with E-state index >= 15 is 0 Å². The third-order valence-corrected chi connectivity index (χ3v) is 7.96. The van der Waals surface area contributed by atoms with Gasteiger partial charge in [-0.1, -0.05) is 116 Å². The minimum Gasteiger partial charge on any atom is -0.369 e. The van der Waals surface area contributed by atoms with Gasteiger partial charge in [0.1, 0.15) is 0 Å². The van der Waals surface area contributed by atoms with Gasteiger partial charge in [0, 0.05) is 11.1 Å². The van der Waals surface area contributed by atoms with Gasteiger partial charge in [-0.2, -0.15) is 0 Å². The molecule has 1 amide bonds. The molecule has 2 N–H and O–H groups in total. The van der Waals surface area contributed by atoms with Crippen molar-refractivity contribution >= 4 is 122 Å². The van der Waals surface area contributed by atoms with E-state index < -0.39 is 11.8 Å². The Kier molecular flexibility index (Phi) is 7.70. The Labute approximate surface area is 198 Å². The maximum Gasteiger partial charge on any atom is 0.229 e. The van der Waals surface area contributed by atoms with Crippen LogP contribution < -0.4 is 5.73 Å². The molecule has 12 heteroatoms. The maximum absolute atomic E-state index is 12.3. The highest BCUT2D eigenvalue weighted by Crippen LogP contribution is 2.52. The maximum atomic E-state index is 12.3. The molecule has 2 nitrogen and oxygen atoms in total. The van der Waals surface area contributed by atoms with Crippen LogP contribution >= 0.6 is 116 Å². The molecule has 140 valence electrons. The predicted molar refractivity (Wildman–Crippen MR) is 114 cm³/mol. The van der Waals surface area contributed by atoms with Gasteiger partial charge in [0.2, 0.25) is 5.91 Å². The van der Waals surface area contributed by atoms with E-state index in [0.29, 0.717) is 0 Å². The second-order valence-corrected chi connectivity index (χ2v) is 8.58. The quantitative estimate of drug-likeness (QED) is 0.298. The number of carbonyl (C=O) groups excluding carboxylic acids is 1. The molecule has 0 aromatic heterocycles. The summed E-state index contributed by atoms with van der Waals surface area (Å²) in [5, 5.41) is -1.39. The summed E-state index contributed by atoms with van der Waals surface area (Å²) in [6.07, 6.45) is 0. The van der Waals surface area contributed by atoms with Gasteiger partial charge >= 0.3 is 0 Å². The summed E-state index contributed by atoms with van der Waals surface area (Å²) in [7, 11) is 0. The molecule has 0 aliphatic carbocycles. The van der Waals surface area contributed by atoms with Crippen LogP contribution in [0, 0.1) is 0 Å². The molecule has 0 aliphatic heterocycles. The molecule has 2 aromatic carbocycles. The molecule has 0 fully saturated rings. The van der Waals surface area contributed by atoms with Crippen molar-refractivity contribution in [2.24, 2.45) is 5.73 Å². The molecule has 0 spiro atoms. The summed E-state index contributed by atoms with van der Waals surface area (Å²) in [5.41, 5.74) is 5.43. The Morgan fingerprint density at radius 3 is 0.885 bits per heavy atom. The van der Waals surface area contributed by atoms with Gasteiger partial charge in [-0.15, -0.1) is 0 Å². The zero-order chi connectivity index (χ0) is 20.1. The largest absolute Gasteiger partial charge is 0.369 e. The molecule has 0 saturated heterocycles. The van der Waals surface area contributed by atoms with E-state index in [0.717, 1.165) is 0 Å². The molecule has 0 saturated carbocycles. The number of halogens is 10. The van der Waals surface area contributed by atoms with Crippen LogP contribution in [0.25, 0.3) is 0 Å². The van der Waals surface area contributed by atoms with Crippen molar-refractivity contribution < 1.29 is 4.79 Å². The molecule has 2 rings (SSSR count). The fourth-order valence-corrected chi connectivity index (χ4v) is 4.92. The van der Waals surface area contributed by atoms with Gasteiger partial charge in [0.05, 0.1) is 56.1 Å². The molecule has 0 heterocycles. The molecule has 0 unspecified atom stereocenters. The highest BCUT2D eigenvalue weighted by Gasteiger charge is 2.35. The van der Waals surface area contributed by atoms with Crippen LogP contribution in [-0.4, -0.2) is 5.91 Å². The molecule has 0 radical (unpaired) electrons. The first-order valence-electron chi connectivity index (χ1n) is 6.25. The molecule has 2 aromatic rings. The predicted octanol–water partition coefficient (Wildman–Crippen LogP) is 8.84. The lowest BCUT2D eigenvalue weighted by atomic mass is 9.90. The number of nitrogens with two attached hydrogens (primary N) is 1. The zero-order valence-corrected chi connectivity index (χ0v) is 19.4. The Balaban J connectivity index is 2.99. The van der Waals surface area contributed by atoms with Crippen molar-refractivity contribution in [3.63, 3.8) is 0 Å². The summed E-state index contributed by atoms with van der Waals surface area (Å²) in [5.74, 6) is -2.32. The van der Waals surface area contributed by atoms with Crippen LogP contribution in [0.2, 0.25) is 50.2 Å². The summed E-state index contributed by atoms with van der Waals surface area (Å²) < 4.78 is 0. The van der Waals surface area contributed by atoms with Crippen LogP contribution in [-0.2, 0) is 4.79 Å². The lowest BCUT2D eigenvalue weighted by Crippen LogP contribution is -2.24. The monoisotopic (exact) mass is 551 g/mol. The highest BCUT2D eigenvalue weighted by atomic mass is 35.5. The van der Waals surface area contributed by atoms with Crippen LogP contribution in [0.4, 0.5) is 0 Å². The van der Waals surface area contributed by atoms with Gasteiger partial charge in [-0.3, -0.25) is 4.79 Å². The summed E-state index contributed by atoms with van der Waals surface area (Å²) >= 11 is 61.1. The fraction of sp³-hybridized carbons (Fsp3) is 0.0714. The van der Waals surface area contributed by atoms with E-state index in [4.69, 9.17) is 122 Å². The molecule has 0 bridgehead atoms. The first kappa shape index (κ1) is 23.1. The number of carbonyl (C=O) groups is 1.